The smallest absolute Gasteiger partial charge is 0.340 e. The van der Waals surface area contributed by atoms with Gasteiger partial charge in [-0.25, -0.2) is 19.2 Å². The topological polar surface area (TPSA) is 220 Å². The second kappa shape index (κ2) is 19.0. The van der Waals surface area contributed by atoms with Crippen molar-refractivity contribution in [1.82, 2.24) is 9.13 Å². The number of nitrogens with zero attached hydrogens (tertiary/aromatic N) is 4. The molecule has 2 aromatic heterocycles. The van der Waals surface area contributed by atoms with Crippen LogP contribution < -0.4 is 9.47 Å². The summed E-state index contributed by atoms with van der Waals surface area (Å²) in [6.45, 7) is 0.0193. The fraction of sp³-hybridized carbons (Fsp3) is 0.200. The number of ether oxygens (including phenoxy) is 6. The third-order valence-corrected chi connectivity index (χ3v) is 10.3. The van der Waals surface area contributed by atoms with E-state index in [0.29, 0.717) is 33.8 Å². The SMILES string of the molecule is COC(=O)c1c(C(=O)OC)c(-c2ccc([N+](=O)[O-])cc2)n(CCCn2c(-c3ccc(OC)cc3)c(C(=O)OC)c(C(=O)OC)c2-c2ccc([N+](=O)[O-])cc2)c1-c1ccc(OC)cc1. The molecule has 0 aliphatic heterocycles. The van der Waals surface area contributed by atoms with Crippen LogP contribution in [0.4, 0.5) is 11.4 Å². The van der Waals surface area contributed by atoms with Gasteiger partial charge in [-0.05, 0) is 101 Å². The molecule has 4 aromatic carbocycles. The first-order valence-electron chi connectivity index (χ1n) is 19.0. The Morgan fingerprint density at radius 1 is 0.429 bits per heavy atom. The molecule has 6 aromatic rings. The molecule has 0 amide bonds. The van der Waals surface area contributed by atoms with Crippen LogP contribution >= 0.6 is 0 Å². The molecule has 0 saturated heterocycles. The summed E-state index contributed by atoms with van der Waals surface area (Å²) in [5.41, 5.74) is 1.31. The first-order valence-corrected chi connectivity index (χ1v) is 19.0. The van der Waals surface area contributed by atoms with Crippen LogP contribution in [0.1, 0.15) is 47.9 Å². The Morgan fingerprint density at radius 2 is 0.667 bits per heavy atom. The van der Waals surface area contributed by atoms with Gasteiger partial charge < -0.3 is 37.6 Å². The van der Waals surface area contributed by atoms with Crippen molar-refractivity contribution in [3.05, 3.63) is 140 Å². The summed E-state index contributed by atoms with van der Waals surface area (Å²) >= 11 is 0. The number of methoxy groups -OCH3 is 6. The lowest BCUT2D eigenvalue weighted by atomic mass is 10.0. The van der Waals surface area contributed by atoms with E-state index in [1.165, 1.54) is 62.8 Å². The maximum absolute atomic E-state index is 13.8. The minimum absolute atomic E-state index is 0.00964. The molecule has 6 rings (SSSR count). The Kier molecular flexibility index (Phi) is 13.3. The number of esters is 4. The fourth-order valence-electron chi connectivity index (χ4n) is 7.45. The molecule has 0 bridgehead atoms. The van der Waals surface area contributed by atoms with Crippen LogP contribution in [0.3, 0.4) is 0 Å². The Morgan fingerprint density at radius 3 is 0.873 bits per heavy atom. The molecule has 0 radical (unpaired) electrons. The van der Waals surface area contributed by atoms with Crippen molar-refractivity contribution in [2.45, 2.75) is 19.5 Å². The standard InChI is InChI=1S/C45H40N4O14/c1-58-32-20-12-28(13-21-32)40-36(44(52)62-5)34(42(50)60-3)38(26-8-16-30(17-9-26)48(54)55)46(40)24-7-25-47-39(27-10-18-31(19-11-27)49(56)57)35(43(51)61-4)37(45(53)63-6)41(47)29-14-22-33(59-2)23-15-29/h8-23H,7,24-25H2,1-6H3. The summed E-state index contributed by atoms with van der Waals surface area (Å²) in [7, 11) is 7.60. The van der Waals surface area contributed by atoms with Gasteiger partial charge in [0, 0.05) is 37.4 Å². The molecular formula is C45H40N4O14. The quantitative estimate of drug-likeness (QED) is 0.0389. The average Bonchev–Trinajstić information content (AvgIpc) is 3.84. The maximum atomic E-state index is 13.8. The highest BCUT2D eigenvalue weighted by Gasteiger charge is 2.36. The molecule has 0 aliphatic carbocycles. The summed E-state index contributed by atoms with van der Waals surface area (Å²) in [5, 5.41) is 23.4. The fourth-order valence-corrected chi connectivity index (χ4v) is 7.45. The van der Waals surface area contributed by atoms with Crippen LogP contribution in [0.2, 0.25) is 0 Å². The molecule has 63 heavy (non-hydrogen) atoms. The molecule has 0 atom stereocenters. The van der Waals surface area contributed by atoms with Crippen molar-refractivity contribution >= 4 is 35.3 Å². The maximum Gasteiger partial charge on any atom is 0.340 e. The van der Waals surface area contributed by atoms with Crippen LogP contribution in [0, 0.1) is 20.2 Å². The van der Waals surface area contributed by atoms with E-state index < -0.39 is 33.7 Å². The molecule has 0 aliphatic rings. The Labute approximate surface area is 359 Å². The summed E-state index contributed by atoms with van der Waals surface area (Å²) in [6, 6.07) is 24.2. The molecular weight excluding hydrogens is 821 g/mol. The third kappa shape index (κ3) is 8.54. The van der Waals surface area contributed by atoms with Gasteiger partial charge in [0.05, 0.1) is 75.3 Å². The van der Waals surface area contributed by atoms with Gasteiger partial charge in [-0.3, -0.25) is 20.2 Å². The molecule has 0 N–H and O–H groups in total. The van der Waals surface area contributed by atoms with E-state index in [0.717, 1.165) is 28.4 Å². The highest BCUT2D eigenvalue weighted by Crippen LogP contribution is 2.42. The lowest BCUT2D eigenvalue weighted by Gasteiger charge is -2.18. The van der Waals surface area contributed by atoms with E-state index >= 15 is 0 Å². The zero-order valence-corrected chi connectivity index (χ0v) is 34.9. The third-order valence-electron chi connectivity index (χ3n) is 10.3. The Hall–Kier alpha value is -8.28. The number of nitro benzene ring substituents is 2. The molecule has 2 heterocycles. The number of nitro groups is 2. The largest absolute Gasteiger partial charge is 0.497 e. The number of hydrogen-bond acceptors (Lipinski definition) is 14. The van der Waals surface area contributed by atoms with Crippen LogP contribution in [-0.4, -0.2) is 85.5 Å². The van der Waals surface area contributed by atoms with Gasteiger partial charge in [0.2, 0.25) is 0 Å². The minimum Gasteiger partial charge on any atom is -0.497 e. The number of carbonyl (C=O) groups excluding carboxylic acids is 4. The molecule has 18 nitrogen and oxygen atoms in total. The predicted octanol–water partition coefficient (Wildman–Crippen LogP) is 8.03. The number of aromatic nitrogens is 2. The normalized spacial score (nSPS) is 10.8. The lowest BCUT2D eigenvalue weighted by Crippen LogP contribution is -2.11. The molecule has 0 fully saturated rings. The summed E-state index contributed by atoms with van der Waals surface area (Å²) in [4.78, 5) is 77.6. The van der Waals surface area contributed by atoms with Gasteiger partial charge in [0.1, 0.15) is 33.8 Å². The van der Waals surface area contributed by atoms with Crippen LogP contribution in [0.25, 0.3) is 45.0 Å². The number of benzene rings is 4. The highest BCUT2D eigenvalue weighted by atomic mass is 16.6. The highest BCUT2D eigenvalue weighted by molar-refractivity contribution is 6.13. The lowest BCUT2D eigenvalue weighted by molar-refractivity contribution is -0.385. The van der Waals surface area contributed by atoms with Crippen molar-refractivity contribution in [3.8, 4) is 56.5 Å². The summed E-state index contributed by atoms with van der Waals surface area (Å²) in [6.07, 6.45) is 0.137. The number of carbonyl (C=O) groups is 4. The van der Waals surface area contributed by atoms with E-state index in [1.807, 2.05) is 0 Å². The van der Waals surface area contributed by atoms with E-state index in [2.05, 4.69) is 0 Å². The van der Waals surface area contributed by atoms with Crippen molar-refractivity contribution < 1.29 is 57.4 Å². The van der Waals surface area contributed by atoms with E-state index in [1.54, 1.807) is 57.7 Å². The van der Waals surface area contributed by atoms with Crippen LogP contribution in [0.15, 0.2) is 97.1 Å². The second-order valence-electron chi connectivity index (χ2n) is 13.6. The van der Waals surface area contributed by atoms with Crippen LogP contribution in [0.5, 0.6) is 11.5 Å². The number of rotatable bonds is 16. The predicted molar refractivity (Wildman–Crippen MR) is 227 cm³/mol. The first-order chi connectivity index (χ1) is 30.3. The first kappa shape index (κ1) is 44.3. The van der Waals surface area contributed by atoms with Crippen molar-refractivity contribution in [1.29, 1.82) is 0 Å². The minimum atomic E-state index is -0.893. The number of non-ortho nitro benzene ring substituents is 2. The van der Waals surface area contributed by atoms with Gasteiger partial charge in [-0.1, -0.05) is 0 Å². The number of hydrogen-bond donors (Lipinski definition) is 0. The Balaban J connectivity index is 1.66. The van der Waals surface area contributed by atoms with Crippen molar-refractivity contribution in [2.24, 2.45) is 0 Å². The second-order valence-corrected chi connectivity index (χ2v) is 13.6. The summed E-state index contributed by atoms with van der Waals surface area (Å²) in [5.74, 6) is -2.53. The van der Waals surface area contributed by atoms with E-state index in [4.69, 9.17) is 28.4 Å². The average molecular weight is 861 g/mol. The van der Waals surface area contributed by atoms with Crippen LogP contribution in [-0.2, 0) is 32.0 Å². The molecule has 0 spiro atoms. The van der Waals surface area contributed by atoms with Gasteiger partial charge in [0.15, 0.2) is 0 Å². The van der Waals surface area contributed by atoms with Gasteiger partial charge in [0.25, 0.3) is 11.4 Å². The van der Waals surface area contributed by atoms with Gasteiger partial charge >= 0.3 is 23.9 Å². The van der Waals surface area contributed by atoms with E-state index in [9.17, 15) is 39.4 Å². The van der Waals surface area contributed by atoms with Crippen molar-refractivity contribution in [3.63, 3.8) is 0 Å². The van der Waals surface area contributed by atoms with Gasteiger partial charge in [-0.2, -0.15) is 0 Å². The zero-order valence-electron chi connectivity index (χ0n) is 34.9. The molecule has 324 valence electrons. The summed E-state index contributed by atoms with van der Waals surface area (Å²) < 4.78 is 35.1. The van der Waals surface area contributed by atoms with Crippen molar-refractivity contribution in [2.75, 3.05) is 42.7 Å². The molecule has 0 unspecified atom stereocenters. The monoisotopic (exact) mass is 860 g/mol. The Bertz CT molecular complexity index is 2530. The van der Waals surface area contributed by atoms with Gasteiger partial charge in [-0.15, -0.1) is 0 Å². The zero-order chi connectivity index (χ0) is 45.5. The molecule has 18 heteroatoms. The molecule has 0 saturated carbocycles. The van der Waals surface area contributed by atoms with E-state index in [-0.39, 0.29) is 75.9 Å².